The molecular weight excluding hydrogens is 326 g/mol. The van der Waals surface area contributed by atoms with Gasteiger partial charge in [-0.2, -0.15) is 0 Å². The minimum atomic E-state index is -3.63. The van der Waals surface area contributed by atoms with Crippen LogP contribution in [0.2, 0.25) is 0 Å². The van der Waals surface area contributed by atoms with Crippen molar-refractivity contribution in [1.82, 2.24) is 4.98 Å². The number of hydrogen-bond acceptors (Lipinski definition) is 5. The maximum atomic E-state index is 12.1. The van der Waals surface area contributed by atoms with Crippen LogP contribution in [0.15, 0.2) is 53.7 Å². The summed E-state index contributed by atoms with van der Waals surface area (Å²) in [5.74, 6) is 0.168. The third kappa shape index (κ3) is 5.04. The van der Waals surface area contributed by atoms with Gasteiger partial charge < -0.3 is 9.84 Å². The Morgan fingerprint density at radius 3 is 2.33 bits per heavy atom. The van der Waals surface area contributed by atoms with Crippen molar-refractivity contribution in [2.24, 2.45) is 0 Å². The van der Waals surface area contributed by atoms with Gasteiger partial charge in [0.2, 0.25) is 0 Å². The second-order valence-corrected chi connectivity index (χ2v) is 8.67. The minimum Gasteiger partial charge on any atom is -0.491 e. The zero-order valence-electron chi connectivity index (χ0n) is 14.1. The van der Waals surface area contributed by atoms with Crippen LogP contribution < -0.4 is 4.74 Å². The number of sulfone groups is 1. The third-order valence-electron chi connectivity index (χ3n) is 3.53. The molecule has 0 fully saturated rings. The number of hydrogen-bond donors (Lipinski definition) is 1. The second kappa shape index (κ2) is 7.32. The molecular formula is C18H23NO4S. The van der Waals surface area contributed by atoms with Crippen LogP contribution in [-0.2, 0) is 15.3 Å². The summed E-state index contributed by atoms with van der Waals surface area (Å²) in [4.78, 5) is 3.81. The molecule has 130 valence electrons. The molecule has 1 atom stereocenters. The van der Waals surface area contributed by atoms with Crippen molar-refractivity contribution in [2.45, 2.75) is 37.3 Å². The number of aliphatic hydroxyl groups excluding tert-OH is 1. The van der Waals surface area contributed by atoms with Crippen molar-refractivity contribution in [3.8, 4) is 5.75 Å². The van der Waals surface area contributed by atoms with E-state index >= 15 is 0 Å². The molecule has 6 heteroatoms. The average Bonchev–Trinajstić information content (AvgIpc) is 2.53. The van der Waals surface area contributed by atoms with Crippen LogP contribution in [0.3, 0.4) is 0 Å². The molecule has 1 N–H and O–H groups in total. The lowest BCUT2D eigenvalue weighted by atomic mass is 9.87. The minimum absolute atomic E-state index is 0.0430. The van der Waals surface area contributed by atoms with Gasteiger partial charge in [-0.05, 0) is 35.2 Å². The molecule has 1 aromatic carbocycles. The lowest BCUT2D eigenvalue weighted by Gasteiger charge is -2.19. The van der Waals surface area contributed by atoms with Crippen molar-refractivity contribution in [1.29, 1.82) is 0 Å². The van der Waals surface area contributed by atoms with Crippen LogP contribution in [0.5, 0.6) is 5.75 Å². The fraction of sp³-hybridized carbons (Fsp3) is 0.389. The summed E-state index contributed by atoms with van der Waals surface area (Å²) in [5, 5.41) is 9.92. The first-order chi connectivity index (χ1) is 11.2. The molecule has 0 spiro atoms. The van der Waals surface area contributed by atoms with E-state index in [9.17, 15) is 13.5 Å². The van der Waals surface area contributed by atoms with E-state index < -0.39 is 21.7 Å². The number of rotatable bonds is 6. The van der Waals surface area contributed by atoms with Crippen molar-refractivity contribution < 1.29 is 18.3 Å². The van der Waals surface area contributed by atoms with E-state index in [0.29, 0.717) is 5.75 Å². The highest BCUT2D eigenvalue weighted by Crippen LogP contribution is 2.24. The Bertz CT molecular complexity index is 750. The summed E-state index contributed by atoms with van der Waals surface area (Å²) < 4.78 is 29.7. The lowest BCUT2D eigenvalue weighted by molar-refractivity contribution is 0.125. The lowest BCUT2D eigenvalue weighted by Crippen LogP contribution is -2.27. The van der Waals surface area contributed by atoms with E-state index in [0.717, 1.165) is 0 Å². The smallest absolute Gasteiger partial charge is 0.198 e. The van der Waals surface area contributed by atoms with Gasteiger partial charge in [0.15, 0.2) is 14.9 Å². The molecule has 5 nitrogen and oxygen atoms in total. The van der Waals surface area contributed by atoms with Gasteiger partial charge in [-0.3, -0.25) is 0 Å². The van der Waals surface area contributed by atoms with Crippen LogP contribution in [0.4, 0.5) is 0 Å². The largest absolute Gasteiger partial charge is 0.491 e. The maximum Gasteiger partial charge on any atom is 0.198 e. The summed E-state index contributed by atoms with van der Waals surface area (Å²) in [5.41, 5.74) is 1.22. The molecule has 0 saturated heterocycles. The Labute approximate surface area is 143 Å². The first-order valence-corrected chi connectivity index (χ1v) is 9.39. The summed E-state index contributed by atoms with van der Waals surface area (Å²) in [6.45, 7) is 6.26. The highest BCUT2D eigenvalue weighted by Gasteiger charge is 2.21. The predicted octanol–water partition coefficient (Wildman–Crippen LogP) is 2.59. The van der Waals surface area contributed by atoms with Crippen molar-refractivity contribution in [2.75, 3.05) is 12.4 Å². The van der Waals surface area contributed by atoms with Crippen molar-refractivity contribution in [3.05, 3.63) is 54.2 Å². The molecule has 2 rings (SSSR count). The molecule has 0 aliphatic heterocycles. The van der Waals surface area contributed by atoms with E-state index in [2.05, 4.69) is 25.8 Å². The standard InChI is InChI=1S/C18H23NO4S/c1-18(2,3)14-7-9-16(10-8-14)23-12-15(20)13-24(21,22)17-6-4-5-11-19-17/h4-11,15,20H,12-13H2,1-3H3/t15-/m0/s1. The Balaban J connectivity index is 1.93. The first kappa shape index (κ1) is 18.4. The van der Waals surface area contributed by atoms with Crippen LogP contribution in [-0.4, -0.2) is 37.0 Å². The number of aliphatic hydroxyl groups is 1. The zero-order chi connectivity index (χ0) is 17.8. The fourth-order valence-electron chi connectivity index (χ4n) is 2.16. The van der Waals surface area contributed by atoms with E-state index in [4.69, 9.17) is 4.74 Å². The van der Waals surface area contributed by atoms with Gasteiger partial charge >= 0.3 is 0 Å². The number of ether oxygens (including phenoxy) is 1. The quantitative estimate of drug-likeness (QED) is 0.867. The topological polar surface area (TPSA) is 76.5 Å². The van der Waals surface area contributed by atoms with Gasteiger partial charge in [-0.25, -0.2) is 13.4 Å². The zero-order valence-corrected chi connectivity index (χ0v) is 15.0. The highest BCUT2D eigenvalue weighted by atomic mass is 32.2. The molecule has 0 saturated carbocycles. The van der Waals surface area contributed by atoms with Crippen LogP contribution >= 0.6 is 0 Å². The Kier molecular flexibility index (Phi) is 5.62. The molecule has 0 bridgehead atoms. The number of pyridine rings is 1. The van der Waals surface area contributed by atoms with Crippen molar-refractivity contribution in [3.63, 3.8) is 0 Å². The molecule has 24 heavy (non-hydrogen) atoms. The van der Waals surface area contributed by atoms with Crippen LogP contribution in [0, 0.1) is 0 Å². The summed E-state index contributed by atoms with van der Waals surface area (Å²) >= 11 is 0. The van der Waals surface area contributed by atoms with E-state index in [1.807, 2.05) is 24.3 Å². The molecule has 0 aliphatic rings. The molecule has 2 aromatic rings. The van der Waals surface area contributed by atoms with E-state index in [1.54, 1.807) is 12.1 Å². The molecule has 0 aliphatic carbocycles. The molecule has 1 aromatic heterocycles. The normalized spacial score (nSPS) is 13.5. The second-order valence-electron chi connectivity index (χ2n) is 6.69. The van der Waals surface area contributed by atoms with Crippen LogP contribution in [0.1, 0.15) is 26.3 Å². The molecule has 0 amide bonds. The number of aromatic nitrogens is 1. The Hall–Kier alpha value is -1.92. The predicted molar refractivity (Wildman–Crippen MR) is 92.9 cm³/mol. The van der Waals surface area contributed by atoms with Gasteiger partial charge in [-0.1, -0.05) is 39.0 Å². The highest BCUT2D eigenvalue weighted by molar-refractivity contribution is 7.91. The monoisotopic (exact) mass is 349 g/mol. The van der Waals surface area contributed by atoms with E-state index in [-0.39, 0.29) is 17.0 Å². The number of benzene rings is 1. The summed E-state index contributed by atoms with van der Waals surface area (Å²) in [7, 11) is -3.63. The maximum absolute atomic E-state index is 12.1. The summed E-state index contributed by atoms with van der Waals surface area (Å²) in [6.07, 6.45) is 0.284. The third-order valence-corrected chi connectivity index (χ3v) is 5.23. The molecule has 0 unspecified atom stereocenters. The first-order valence-electron chi connectivity index (χ1n) is 7.74. The number of nitrogens with zero attached hydrogens (tertiary/aromatic N) is 1. The Morgan fingerprint density at radius 2 is 1.79 bits per heavy atom. The van der Waals surface area contributed by atoms with Gasteiger partial charge in [0.05, 0.1) is 5.75 Å². The molecule has 0 radical (unpaired) electrons. The van der Waals surface area contributed by atoms with Crippen LogP contribution in [0.25, 0.3) is 0 Å². The average molecular weight is 349 g/mol. The van der Waals surface area contributed by atoms with Gasteiger partial charge in [0, 0.05) is 6.20 Å². The SMILES string of the molecule is CC(C)(C)c1ccc(OC[C@H](O)CS(=O)(=O)c2ccccn2)cc1. The summed E-state index contributed by atoms with van der Waals surface area (Å²) in [6, 6.07) is 12.2. The van der Waals surface area contributed by atoms with E-state index in [1.165, 1.54) is 17.8 Å². The van der Waals surface area contributed by atoms with Crippen molar-refractivity contribution >= 4 is 9.84 Å². The van der Waals surface area contributed by atoms with Gasteiger partial charge in [0.25, 0.3) is 0 Å². The Morgan fingerprint density at radius 1 is 1.12 bits per heavy atom. The van der Waals surface area contributed by atoms with Gasteiger partial charge in [-0.15, -0.1) is 0 Å². The molecule has 1 heterocycles. The fourth-order valence-corrected chi connectivity index (χ4v) is 3.44. The van der Waals surface area contributed by atoms with Gasteiger partial charge in [0.1, 0.15) is 18.5 Å².